The van der Waals surface area contributed by atoms with Gasteiger partial charge in [0.05, 0.1) is 24.0 Å². The first kappa shape index (κ1) is 22.0. The van der Waals surface area contributed by atoms with Crippen LogP contribution in [-0.4, -0.2) is 35.2 Å². The van der Waals surface area contributed by atoms with Crippen molar-refractivity contribution < 1.29 is 29.0 Å². The average molecular weight is 436 g/mol. The molecule has 0 radical (unpaired) electrons. The second-order valence-electron chi connectivity index (χ2n) is 6.38. The molecule has 2 aromatic rings. The van der Waals surface area contributed by atoms with Crippen molar-refractivity contribution in [1.29, 1.82) is 0 Å². The predicted octanol–water partition coefficient (Wildman–Crippen LogP) is 2.70. The van der Waals surface area contributed by atoms with Crippen LogP contribution in [0, 0.1) is 12.3 Å². The quantitative estimate of drug-likeness (QED) is 0.464. The van der Waals surface area contributed by atoms with Crippen molar-refractivity contribution in [1.82, 2.24) is 4.90 Å². The van der Waals surface area contributed by atoms with Crippen LogP contribution in [0.2, 0.25) is 0 Å². The fourth-order valence-electron chi connectivity index (χ4n) is 2.78. The largest absolute Gasteiger partial charge is 0.545 e. The molecule has 0 saturated carbocycles. The molecule has 0 spiro atoms. The summed E-state index contributed by atoms with van der Waals surface area (Å²) in [6.45, 7) is 2.37. The van der Waals surface area contributed by atoms with Crippen LogP contribution in [0.1, 0.15) is 28.4 Å². The monoisotopic (exact) mass is 436 g/mol. The highest BCUT2D eigenvalue weighted by Gasteiger charge is 2.34. The van der Waals surface area contributed by atoms with E-state index in [4.69, 9.17) is 15.9 Å². The Hall–Kier alpha value is -3.70. The van der Waals surface area contributed by atoms with Gasteiger partial charge in [-0.2, -0.15) is 0 Å². The van der Waals surface area contributed by atoms with Crippen molar-refractivity contribution in [3.8, 4) is 23.8 Å². The molecule has 1 heterocycles. The van der Waals surface area contributed by atoms with Crippen LogP contribution in [-0.2, 0) is 11.4 Å². The lowest BCUT2D eigenvalue weighted by Gasteiger charge is -2.13. The van der Waals surface area contributed by atoms with Crippen LogP contribution in [0.4, 0.5) is 4.79 Å². The molecular weight excluding hydrogens is 418 g/mol. The van der Waals surface area contributed by atoms with Crippen molar-refractivity contribution in [2.24, 2.45) is 0 Å². The number of terminal acetylenes is 1. The Morgan fingerprint density at radius 1 is 1.16 bits per heavy atom. The molecule has 0 atom stereocenters. The molecule has 31 heavy (non-hydrogen) atoms. The first-order valence-electron chi connectivity index (χ1n) is 9.31. The smallest absolute Gasteiger partial charge is 0.294 e. The maximum Gasteiger partial charge on any atom is 0.294 e. The van der Waals surface area contributed by atoms with Gasteiger partial charge in [-0.05, 0) is 53.6 Å². The molecule has 1 fully saturated rings. The van der Waals surface area contributed by atoms with Crippen molar-refractivity contribution in [2.75, 3.05) is 13.2 Å². The van der Waals surface area contributed by atoms with Gasteiger partial charge in [0.15, 0.2) is 11.5 Å². The molecule has 8 heteroatoms. The number of nitrogens with zero attached hydrogens (tertiary/aromatic N) is 1. The number of rotatable bonds is 8. The molecule has 0 N–H and O–H groups in total. The number of carbonyl (C=O) groups is 3. The number of hydrogen-bond acceptors (Lipinski definition) is 7. The Bertz CT molecular complexity index is 1080. The lowest BCUT2D eigenvalue weighted by Crippen LogP contribution is -2.28. The maximum atomic E-state index is 12.3. The molecule has 0 aromatic heterocycles. The van der Waals surface area contributed by atoms with Gasteiger partial charge in [-0.25, -0.2) is 0 Å². The second kappa shape index (κ2) is 9.87. The third-order valence-electron chi connectivity index (χ3n) is 4.27. The van der Waals surface area contributed by atoms with E-state index < -0.39 is 17.1 Å². The first-order chi connectivity index (χ1) is 14.9. The Labute approximate surface area is 183 Å². The minimum Gasteiger partial charge on any atom is -0.545 e. The Kier molecular flexibility index (Phi) is 7.00. The molecule has 2 aromatic carbocycles. The number of aromatic carboxylic acids is 1. The summed E-state index contributed by atoms with van der Waals surface area (Å²) in [6, 6.07) is 11.4. The fraction of sp³-hybridized carbons (Fsp3) is 0.174. The molecule has 2 amide bonds. The van der Waals surface area contributed by atoms with E-state index in [9.17, 15) is 19.5 Å². The Balaban J connectivity index is 1.76. The van der Waals surface area contributed by atoms with Gasteiger partial charge >= 0.3 is 0 Å². The number of carboxylic acids is 1. The van der Waals surface area contributed by atoms with Gasteiger partial charge in [0, 0.05) is 0 Å². The summed E-state index contributed by atoms with van der Waals surface area (Å²) in [5.41, 5.74) is 1.54. The highest BCUT2D eigenvalue weighted by molar-refractivity contribution is 8.18. The third kappa shape index (κ3) is 5.27. The molecular formula is C23H18NO6S-. The molecule has 0 unspecified atom stereocenters. The van der Waals surface area contributed by atoms with Crippen molar-refractivity contribution >= 4 is 35.0 Å². The van der Waals surface area contributed by atoms with E-state index in [1.165, 1.54) is 12.1 Å². The summed E-state index contributed by atoms with van der Waals surface area (Å²) in [4.78, 5) is 36.4. The molecule has 1 aliphatic heterocycles. The van der Waals surface area contributed by atoms with Crippen LogP contribution < -0.4 is 14.6 Å². The van der Waals surface area contributed by atoms with Gasteiger partial charge in [-0.3, -0.25) is 14.5 Å². The van der Waals surface area contributed by atoms with Crippen molar-refractivity contribution in [3.05, 3.63) is 64.1 Å². The fourth-order valence-corrected chi connectivity index (χ4v) is 3.62. The standard InChI is InChI=1S/C23H19NO6S/c1-3-11-24-21(25)20(31-23(24)28)13-16-7-10-18(19(12-16)29-4-2)30-14-15-5-8-17(9-6-15)22(26)27/h1,5-10,12-13H,4,11,14H2,2H3,(H,26,27)/p-1/b20-13+. The molecule has 3 rings (SSSR count). The molecule has 0 aliphatic carbocycles. The minimum atomic E-state index is -1.24. The normalized spacial score (nSPS) is 14.6. The number of hydrogen-bond donors (Lipinski definition) is 0. The summed E-state index contributed by atoms with van der Waals surface area (Å²) in [6.07, 6.45) is 6.81. The summed E-state index contributed by atoms with van der Waals surface area (Å²) in [5.74, 6) is 1.60. The third-order valence-corrected chi connectivity index (χ3v) is 5.18. The lowest BCUT2D eigenvalue weighted by atomic mass is 10.1. The van der Waals surface area contributed by atoms with Gasteiger partial charge in [0.1, 0.15) is 6.61 Å². The van der Waals surface area contributed by atoms with Crippen LogP contribution in [0.25, 0.3) is 6.08 Å². The predicted molar refractivity (Wildman–Crippen MR) is 114 cm³/mol. The number of thioether (sulfide) groups is 1. The highest BCUT2D eigenvalue weighted by atomic mass is 32.2. The summed E-state index contributed by atoms with van der Waals surface area (Å²) < 4.78 is 11.5. The van der Waals surface area contributed by atoms with Crippen LogP contribution in [0.3, 0.4) is 0 Å². The van der Waals surface area contributed by atoms with E-state index in [1.54, 1.807) is 36.4 Å². The van der Waals surface area contributed by atoms with E-state index in [0.717, 1.165) is 22.2 Å². The van der Waals surface area contributed by atoms with Gasteiger partial charge in [0.25, 0.3) is 11.1 Å². The van der Waals surface area contributed by atoms with E-state index >= 15 is 0 Å². The number of amides is 2. The van der Waals surface area contributed by atoms with Crippen molar-refractivity contribution in [3.63, 3.8) is 0 Å². The van der Waals surface area contributed by atoms with Crippen LogP contribution >= 0.6 is 11.8 Å². The highest BCUT2D eigenvalue weighted by Crippen LogP contribution is 2.34. The average Bonchev–Trinajstić information content (AvgIpc) is 3.01. The second-order valence-corrected chi connectivity index (χ2v) is 7.38. The molecule has 7 nitrogen and oxygen atoms in total. The number of ether oxygens (including phenoxy) is 2. The minimum absolute atomic E-state index is 0.0665. The molecule has 0 bridgehead atoms. The van der Waals surface area contributed by atoms with Gasteiger partial charge in [-0.1, -0.05) is 36.3 Å². The summed E-state index contributed by atoms with van der Waals surface area (Å²) in [5, 5.41) is 10.4. The zero-order valence-corrected chi connectivity index (χ0v) is 17.4. The van der Waals surface area contributed by atoms with E-state index in [1.807, 2.05) is 6.92 Å². The zero-order valence-electron chi connectivity index (χ0n) is 16.6. The Morgan fingerprint density at radius 2 is 1.90 bits per heavy atom. The van der Waals surface area contributed by atoms with Gasteiger partial charge in [-0.15, -0.1) is 6.42 Å². The van der Waals surface area contributed by atoms with E-state index in [2.05, 4.69) is 5.92 Å². The Morgan fingerprint density at radius 3 is 2.55 bits per heavy atom. The van der Waals surface area contributed by atoms with Gasteiger partial charge in [0.2, 0.25) is 0 Å². The SMILES string of the molecule is C#CCN1C(=O)S/C(=C/c2ccc(OCc3ccc(C(=O)[O-])cc3)c(OCC)c2)C1=O. The van der Waals surface area contributed by atoms with Crippen LogP contribution in [0.15, 0.2) is 47.4 Å². The molecule has 158 valence electrons. The number of carbonyl (C=O) groups excluding carboxylic acids is 3. The number of imide groups is 1. The van der Waals surface area contributed by atoms with E-state index in [0.29, 0.717) is 23.7 Å². The zero-order chi connectivity index (χ0) is 22.4. The molecule has 1 aliphatic rings. The van der Waals surface area contributed by atoms with Gasteiger partial charge < -0.3 is 19.4 Å². The first-order valence-corrected chi connectivity index (χ1v) is 10.1. The maximum absolute atomic E-state index is 12.3. The lowest BCUT2D eigenvalue weighted by molar-refractivity contribution is -0.255. The van der Waals surface area contributed by atoms with E-state index in [-0.39, 0.29) is 23.6 Å². The van der Waals surface area contributed by atoms with Crippen molar-refractivity contribution in [2.45, 2.75) is 13.5 Å². The topological polar surface area (TPSA) is 96.0 Å². The number of carboxylic acid groups (broad SMARTS) is 1. The molecule has 1 saturated heterocycles. The number of benzene rings is 2. The summed E-state index contributed by atoms with van der Waals surface area (Å²) in [7, 11) is 0. The van der Waals surface area contributed by atoms with Crippen LogP contribution in [0.5, 0.6) is 11.5 Å². The summed E-state index contributed by atoms with van der Waals surface area (Å²) >= 11 is 0.835.